The highest BCUT2D eigenvalue weighted by Gasteiger charge is 2.11. The van der Waals surface area contributed by atoms with Gasteiger partial charge in [-0.1, -0.05) is 18.2 Å². The number of rotatable bonds is 0. The van der Waals surface area contributed by atoms with E-state index in [9.17, 15) is 4.79 Å². The predicted molar refractivity (Wildman–Crippen MR) is 78.6 cm³/mol. The molecule has 0 unspecified atom stereocenters. The summed E-state index contributed by atoms with van der Waals surface area (Å²) < 4.78 is 0. The summed E-state index contributed by atoms with van der Waals surface area (Å²) >= 11 is 0. The summed E-state index contributed by atoms with van der Waals surface area (Å²) in [7, 11) is 0. The van der Waals surface area contributed by atoms with Crippen LogP contribution in [-0.2, 0) is 0 Å². The fourth-order valence-corrected chi connectivity index (χ4v) is 2.66. The molecular formula is C16H9N3O. The Hall–Kier alpha value is -3.06. The van der Waals surface area contributed by atoms with Gasteiger partial charge in [-0.3, -0.25) is 4.79 Å². The topological polar surface area (TPSA) is 72.4 Å². The van der Waals surface area contributed by atoms with Crippen LogP contribution in [0.5, 0.6) is 0 Å². The van der Waals surface area contributed by atoms with Crippen LogP contribution < -0.4 is 5.43 Å². The van der Waals surface area contributed by atoms with Gasteiger partial charge in [0.15, 0.2) is 5.43 Å². The Morgan fingerprint density at radius 3 is 2.60 bits per heavy atom. The fraction of sp³-hybridized carbons (Fsp3) is 0. The first-order valence-electron chi connectivity index (χ1n) is 6.24. The average Bonchev–Trinajstić information content (AvgIpc) is 2.84. The molecule has 0 radical (unpaired) electrons. The van der Waals surface area contributed by atoms with Crippen LogP contribution in [0.25, 0.3) is 32.8 Å². The highest BCUT2D eigenvalue weighted by molar-refractivity contribution is 6.09. The Kier molecular flexibility index (Phi) is 2.01. The van der Waals surface area contributed by atoms with Gasteiger partial charge in [0.05, 0.1) is 22.5 Å². The van der Waals surface area contributed by atoms with Crippen molar-refractivity contribution in [1.82, 2.24) is 9.97 Å². The highest BCUT2D eigenvalue weighted by Crippen LogP contribution is 2.24. The number of hydrogen-bond acceptors (Lipinski definition) is 2. The van der Waals surface area contributed by atoms with Crippen molar-refractivity contribution in [3.8, 4) is 6.07 Å². The Bertz CT molecular complexity index is 1080. The molecule has 4 heteroatoms. The van der Waals surface area contributed by atoms with Crippen LogP contribution >= 0.6 is 0 Å². The number of nitriles is 1. The molecule has 94 valence electrons. The smallest absolute Gasteiger partial charge is 0.199 e. The van der Waals surface area contributed by atoms with E-state index in [-0.39, 0.29) is 5.43 Å². The summed E-state index contributed by atoms with van der Waals surface area (Å²) in [5.74, 6) is 0. The normalized spacial score (nSPS) is 11.2. The van der Waals surface area contributed by atoms with Crippen molar-refractivity contribution in [3.63, 3.8) is 0 Å². The Morgan fingerprint density at radius 1 is 0.950 bits per heavy atom. The number of benzene rings is 2. The molecule has 20 heavy (non-hydrogen) atoms. The summed E-state index contributed by atoms with van der Waals surface area (Å²) in [5, 5.41) is 11.1. The molecule has 4 rings (SSSR count). The van der Waals surface area contributed by atoms with Crippen LogP contribution in [0.3, 0.4) is 0 Å². The monoisotopic (exact) mass is 259 g/mol. The largest absolute Gasteiger partial charge is 0.341 e. The molecule has 0 fully saturated rings. The summed E-state index contributed by atoms with van der Waals surface area (Å²) in [5.41, 5.74) is 2.87. The van der Waals surface area contributed by atoms with Gasteiger partial charge in [0.1, 0.15) is 5.65 Å². The van der Waals surface area contributed by atoms with Crippen LogP contribution in [-0.4, -0.2) is 9.97 Å². The van der Waals surface area contributed by atoms with Gasteiger partial charge in [-0.05, 0) is 24.3 Å². The molecule has 0 spiro atoms. The van der Waals surface area contributed by atoms with E-state index in [0.717, 1.165) is 16.4 Å². The van der Waals surface area contributed by atoms with Crippen LogP contribution in [0, 0.1) is 11.3 Å². The van der Waals surface area contributed by atoms with Gasteiger partial charge in [0.25, 0.3) is 0 Å². The average molecular weight is 259 g/mol. The first kappa shape index (κ1) is 10.8. The van der Waals surface area contributed by atoms with Crippen LogP contribution in [0.1, 0.15) is 5.56 Å². The summed E-state index contributed by atoms with van der Waals surface area (Å²) in [6.07, 6.45) is 0. The van der Waals surface area contributed by atoms with E-state index in [1.807, 2.05) is 30.3 Å². The lowest BCUT2D eigenvalue weighted by molar-refractivity contribution is 1.39. The number of aromatic nitrogens is 2. The van der Waals surface area contributed by atoms with Crippen LogP contribution in [0.15, 0.2) is 47.3 Å². The molecule has 4 nitrogen and oxygen atoms in total. The highest BCUT2D eigenvalue weighted by atomic mass is 16.1. The van der Waals surface area contributed by atoms with Crippen molar-refractivity contribution in [2.45, 2.75) is 0 Å². The number of hydrogen-bond donors (Lipinski definition) is 2. The molecule has 0 saturated carbocycles. The van der Waals surface area contributed by atoms with Crippen LogP contribution in [0.2, 0.25) is 0 Å². The maximum Gasteiger partial charge on any atom is 0.199 e. The molecule has 0 saturated heterocycles. The lowest BCUT2D eigenvalue weighted by atomic mass is 10.1. The standard InChI is InChI=1S/C16H9N3O/c17-8-9-5-6-10-13(7-9)19-16-14(10)15(20)11-3-1-2-4-12(11)18-16/h1-7H,(H2,18,19,20). The maximum absolute atomic E-state index is 12.6. The zero-order chi connectivity index (χ0) is 13.7. The van der Waals surface area contributed by atoms with Crippen molar-refractivity contribution in [2.75, 3.05) is 0 Å². The van der Waals surface area contributed by atoms with Gasteiger partial charge in [-0.25, -0.2) is 0 Å². The zero-order valence-electron chi connectivity index (χ0n) is 10.4. The first-order chi connectivity index (χ1) is 9.78. The SMILES string of the molecule is N#Cc1ccc2c(c1)[nH]c1[nH]c3ccccc3c(=O)c12. The van der Waals surface area contributed by atoms with E-state index in [1.54, 1.807) is 12.1 Å². The third-order valence-electron chi connectivity index (χ3n) is 3.59. The quantitative estimate of drug-likeness (QED) is 0.509. The first-order valence-corrected chi connectivity index (χ1v) is 6.24. The van der Waals surface area contributed by atoms with Crippen molar-refractivity contribution < 1.29 is 0 Å². The van der Waals surface area contributed by atoms with Crippen molar-refractivity contribution in [2.24, 2.45) is 0 Å². The molecule has 2 aromatic carbocycles. The number of fused-ring (bicyclic) bond motifs is 4. The molecule has 0 aliphatic heterocycles. The van der Waals surface area contributed by atoms with E-state index >= 15 is 0 Å². The number of pyridine rings is 1. The second-order valence-electron chi connectivity index (χ2n) is 4.75. The molecule has 2 N–H and O–H groups in total. The van der Waals surface area contributed by atoms with Gasteiger partial charge in [0.2, 0.25) is 0 Å². The number of aromatic amines is 2. The summed E-state index contributed by atoms with van der Waals surface area (Å²) in [4.78, 5) is 19.0. The van der Waals surface area contributed by atoms with E-state index in [0.29, 0.717) is 22.0 Å². The van der Waals surface area contributed by atoms with Crippen molar-refractivity contribution >= 4 is 32.8 Å². The molecule has 0 aliphatic carbocycles. The summed E-state index contributed by atoms with van der Waals surface area (Å²) in [6, 6.07) is 14.8. The third-order valence-corrected chi connectivity index (χ3v) is 3.59. The van der Waals surface area contributed by atoms with Crippen molar-refractivity contribution in [1.29, 1.82) is 5.26 Å². The van der Waals surface area contributed by atoms with E-state index in [1.165, 1.54) is 0 Å². The van der Waals surface area contributed by atoms with Crippen molar-refractivity contribution in [3.05, 3.63) is 58.3 Å². The Morgan fingerprint density at radius 2 is 1.75 bits per heavy atom. The Balaban J connectivity index is 2.28. The molecule has 0 amide bonds. The summed E-state index contributed by atoms with van der Waals surface area (Å²) in [6.45, 7) is 0. The van der Waals surface area contributed by atoms with E-state index in [2.05, 4.69) is 16.0 Å². The van der Waals surface area contributed by atoms with Gasteiger partial charge in [-0.15, -0.1) is 0 Å². The Labute approximate surface area is 113 Å². The molecular weight excluding hydrogens is 250 g/mol. The van der Waals surface area contributed by atoms with Gasteiger partial charge >= 0.3 is 0 Å². The van der Waals surface area contributed by atoms with Gasteiger partial charge in [-0.2, -0.15) is 5.26 Å². The second kappa shape index (κ2) is 3.72. The minimum atomic E-state index is 0.00491. The number of H-pyrrole nitrogens is 2. The molecule has 0 atom stereocenters. The third kappa shape index (κ3) is 1.32. The number of nitrogens with one attached hydrogen (secondary N) is 2. The number of nitrogens with zero attached hydrogens (tertiary/aromatic N) is 1. The number of para-hydroxylation sites is 1. The van der Waals surface area contributed by atoms with E-state index < -0.39 is 0 Å². The molecule has 0 bridgehead atoms. The fourth-order valence-electron chi connectivity index (χ4n) is 2.66. The molecule has 2 aromatic heterocycles. The molecule has 0 aliphatic rings. The van der Waals surface area contributed by atoms with Gasteiger partial charge in [0, 0.05) is 16.3 Å². The zero-order valence-corrected chi connectivity index (χ0v) is 10.4. The predicted octanol–water partition coefficient (Wildman–Crippen LogP) is 3.03. The van der Waals surface area contributed by atoms with E-state index in [4.69, 9.17) is 5.26 Å². The minimum absolute atomic E-state index is 0.00491. The lowest BCUT2D eigenvalue weighted by Gasteiger charge is -1.98. The van der Waals surface area contributed by atoms with Gasteiger partial charge < -0.3 is 9.97 Å². The lowest BCUT2D eigenvalue weighted by Crippen LogP contribution is -2.02. The molecule has 4 aromatic rings. The minimum Gasteiger partial charge on any atom is -0.341 e. The molecule has 2 heterocycles. The second-order valence-corrected chi connectivity index (χ2v) is 4.75. The van der Waals surface area contributed by atoms with Crippen LogP contribution in [0.4, 0.5) is 0 Å². The maximum atomic E-state index is 12.6.